The van der Waals surface area contributed by atoms with Crippen molar-refractivity contribution < 1.29 is 4.79 Å². The van der Waals surface area contributed by atoms with Gasteiger partial charge in [0.2, 0.25) is 5.91 Å². The van der Waals surface area contributed by atoms with Gasteiger partial charge in [-0.15, -0.1) is 11.3 Å². The molecule has 21 heavy (non-hydrogen) atoms. The number of hydrogen-bond donors (Lipinski definition) is 1. The number of rotatable bonds is 6. The maximum atomic E-state index is 12.2. The number of unbranched alkanes of at least 4 members (excludes halogenated alkanes) is 1. The van der Waals surface area contributed by atoms with E-state index in [-0.39, 0.29) is 11.9 Å². The number of piperazine rings is 1. The van der Waals surface area contributed by atoms with Gasteiger partial charge in [-0.3, -0.25) is 9.69 Å². The molecule has 1 fully saturated rings. The van der Waals surface area contributed by atoms with Crippen LogP contribution in [-0.2, 0) is 11.3 Å². The SMILES string of the molecule is CCCC[C@H](N)C(=O)N1CCN(Cc2csc(C)n2)CC1. The second kappa shape index (κ2) is 7.87. The smallest absolute Gasteiger partial charge is 0.239 e. The molecule has 0 bridgehead atoms. The van der Waals surface area contributed by atoms with Crippen molar-refractivity contribution in [2.45, 2.75) is 45.7 Å². The van der Waals surface area contributed by atoms with Crippen LogP contribution < -0.4 is 5.73 Å². The molecule has 1 amide bonds. The van der Waals surface area contributed by atoms with Crippen molar-refractivity contribution in [3.05, 3.63) is 16.1 Å². The Bertz CT molecular complexity index is 454. The first kappa shape index (κ1) is 16.4. The van der Waals surface area contributed by atoms with Crippen molar-refractivity contribution in [3.63, 3.8) is 0 Å². The molecule has 1 aromatic heterocycles. The van der Waals surface area contributed by atoms with Gasteiger partial charge < -0.3 is 10.6 Å². The fraction of sp³-hybridized carbons (Fsp3) is 0.733. The van der Waals surface area contributed by atoms with Gasteiger partial charge in [0.05, 0.1) is 16.7 Å². The summed E-state index contributed by atoms with van der Waals surface area (Å²) in [5, 5.41) is 3.23. The van der Waals surface area contributed by atoms with Crippen molar-refractivity contribution >= 4 is 17.2 Å². The van der Waals surface area contributed by atoms with Gasteiger partial charge in [-0.1, -0.05) is 19.8 Å². The van der Waals surface area contributed by atoms with E-state index in [0.717, 1.165) is 62.7 Å². The van der Waals surface area contributed by atoms with Crippen LogP contribution >= 0.6 is 11.3 Å². The van der Waals surface area contributed by atoms with Crippen LogP contribution in [0.5, 0.6) is 0 Å². The van der Waals surface area contributed by atoms with Crippen molar-refractivity contribution in [1.82, 2.24) is 14.8 Å². The Morgan fingerprint density at radius 1 is 1.43 bits per heavy atom. The molecule has 1 atom stereocenters. The zero-order valence-corrected chi connectivity index (χ0v) is 13.9. The van der Waals surface area contributed by atoms with Crippen LogP contribution in [0.2, 0.25) is 0 Å². The number of aryl methyl sites for hydroxylation is 1. The van der Waals surface area contributed by atoms with Gasteiger partial charge in [0.1, 0.15) is 0 Å². The van der Waals surface area contributed by atoms with Crippen molar-refractivity contribution in [3.8, 4) is 0 Å². The van der Waals surface area contributed by atoms with Crippen molar-refractivity contribution in [1.29, 1.82) is 0 Å². The normalized spacial score (nSPS) is 18.0. The maximum Gasteiger partial charge on any atom is 0.239 e. The molecule has 118 valence electrons. The number of amides is 1. The second-order valence-electron chi connectivity index (χ2n) is 5.71. The van der Waals surface area contributed by atoms with E-state index in [1.807, 2.05) is 11.8 Å². The molecule has 0 aromatic carbocycles. The molecular formula is C15H26N4OS. The van der Waals surface area contributed by atoms with E-state index in [1.165, 1.54) is 0 Å². The third-order valence-electron chi connectivity index (χ3n) is 3.92. The molecule has 1 saturated heterocycles. The number of carbonyl (C=O) groups is 1. The fourth-order valence-electron chi connectivity index (χ4n) is 2.62. The van der Waals surface area contributed by atoms with Crippen LogP contribution in [0.4, 0.5) is 0 Å². The van der Waals surface area contributed by atoms with Gasteiger partial charge in [0.25, 0.3) is 0 Å². The Kier molecular flexibility index (Phi) is 6.14. The molecule has 0 radical (unpaired) electrons. The monoisotopic (exact) mass is 310 g/mol. The van der Waals surface area contributed by atoms with E-state index in [1.54, 1.807) is 11.3 Å². The quantitative estimate of drug-likeness (QED) is 0.867. The minimum atomic E-state index is -0.322. The molecule has 1 aromatic rings. The Balaban J connectivity index is 1.76. The van der Waals surface area contributed by atoms with Gasteiger partial charge in [0, 0.05) is 38.1 Å². The summed E-state index contributed by atoms with van der Waals surface area (Å²) in [4.78, 5) is 21.0. The predicted octanol–water partition coefficient (Wildman–Crippen LogP) is 1.61. The lowest BCUT2D eigenvalue weighted by Gasteiger charge is -2.35. The summed E-state index contributed by atoms with van der Waals surface area (Å²) in [7, 11) is 0. The lowest BCUT2D eigenvalue weighted by atomic mass is 10.1. The number of nitrogens with two attached hydrogens (primary N) is 1. The molecule has 0 unspecified atom stereocenters. The lowest BCUT2D eigenvalue weighted by Crippen LogP contribution is -2.52. The molecule has 6 heteroatoms. The van der Waals surface area contributed by atoms with E-state index >= 15 is 0 Å². The molecule has 2 N–H and O–H groups in total. The number of hydrogen-bond acceptors (Lipinski definition) is 5. The van der Waals surface area contributed by atoms with Gasteiger partial charge in [-0.2, -0.15) is 0 Å². The fourth-order valence-corrected chi connectivity index (χ4v) is 3.22. The highest BCUT2D eigenvalue weighted by molar-refractivity contribution is 7.09. The standard InChI is InChI=1S/C15H26N4OS/c1-3-4-5-14(16)15(20)19-8-6-18(7-9-19)10-13-11-21-12(2)17-13/h11,14H,3-10,16H2,1-2H3/t14-/m0/s1. The predicted molar refractivity (Wildman–Crippen MR) is 86.2 cm³/mol. The summed E-state index contributed by atoms with van der Waals surface area (Å²) < 4.78 is 0. The highest BCUT2D eigenvalue weighted by atomic mass is 32.1. The summed E-state index contributed by atoms with van der Waals surface area (Å²) >= 11 is 1.69. The summed E-state index contributed by atoms with van der Waals surface area (Å²) in [6, 6.07) is -0.322. The van der Waals surface area contributed by atoms with Gasteiger partial charge >= 0.3 is 0 Å². The number of nitrogens with zero attached hydrogens (tertiary/aromatic N) is 3. The van der Waals surface area contributed by atoms with Gasteiger partial charge in [0.15, 0.2) is 0 Å². The van der Waals surface area contributed by atoms with E-state index in [4.69, 9.17) is 5.73 Å². The largest absolute Gasteiger partial charge is 0.339 e. The first-order valence-electron chi connectivity index (χ1n) is 7.78. The van der Waals surface area contributed by atoms with Gasteiger partial charge in [-0.05, 0) is 13.3 Å². The average Bonchev–Trinajstić information content (AvgIpc) is 2.90. The van der Waals surface area contributed by atoms with E-state index < -0.39 is 0 Å². The molecule has 1 aliphatic rings. The van der Waals surface area contributed by atoms with Crippen molar-refractivity contribution in [2.24, 2.45) is 5.73 Å². The first-order chi connectivity index (χ1) is 10.1. The maximum absolute atomic E-state index is 12.2. The molecule has 0 aliphatic carbocycles. The molecule has 2 heterocycles. The highest BCUT2D eigenvalue weighted by Gasteiger charge is 2.25. The number of thiazole rings is 1. The van der Waals surface area contributed by atoms with E-state index in [2.05, 4.69) is 22.2 Å². The minimum absolute atomic E-state index is 0.118. The zero-order chi connectivity index (χ0) is 15.2. The summed E-state index contributed by atoms with van der Waals surface area (Å²) in [6.07, 6.45) is 2.91. The summed E-state index contributed by atoms with van der Waals surface area (Å²) in [5.41, 5.74) is 7.12. The molecular weight excluding hydrogens is 284 g/mol. The van der Waals surface area contributed by atoms with Crippen LogP contribution in [0.3, 0.4) is 0 Å². The summed E-state index contributed by atoms with van der Waals surface area (Å²) in [5.74, 6) is 0.118. The van der Waals surface area contributed by atoms with E-state index in [9.17, 15) is 4.79 Å². The van der Waals surface area contributed by atoms with Crippen LogP contribution in [-0.4, -0.2) is 52.9 Å². The number of carbonyl (C=O) groups excluding carboxylic acids is 1. The Morgan fingerprint density at radius 3 is 2.71 bits per heavy atom. The molecule has 0 saturated carbocycles. The van der Waals surface area contributed by atoms with Gasteiger partial charge in [-0.25, -0.2) is 4.98 Å². The Morgan fingerprint density at radius 2 is 2.14 bits per heavy atom. The Hall–Kier alpha value is -0.980. The minimum Gasteiger partial charge on any atom is -0.339 e. The molecule has 0 spiro atoms. The highest BCUT2D eigenvalue weighted by Crippen LogP contribution is 2.13. The molecule has 5 nitrogen and oxygen atoms in total. The molecule has 2 rings (SSSR count). The summed E-state index contributed by atoms with van der Waals surface area (Å²) in [6.45, 7) is 8.40. The van der Waals surface area contributed by atoms with Crippen LogP contribution in [0.1, 0.15) is 36.9 Å². The lowest BCUT2D eigenvalue weighted by molar-refractivity contribution is -0.134. The second-order valence-corrected chi connectivity index (χ2v) is 6.77. The first-order valence-corrected chi connectivity index (χ1v) is 8.66. The average molecular weight is 310 g/mol. The van der Waals surface area contributed by atoms with Crippen molar-refractivity contribution in [2.75, 3.05) is 26.2 Å². The van der Waals surface area contributed by atoms with Crippen LogP contribution in [0.25, 0.3) is 0 Å². The topological polar surface area (TPSA) is 62.5 Å². The molecule has 1 aliphatic heterocycles. The third-order valence-corrected chi connectivity index (χ3v) is 4.74. The third kappa shape index (κ3) is 4.76. The van der Waals surface area contributed by atoms with Crippen LogP contribution in [0.15, 0.2) is 5.38 Å². The Labute approximate surface area is 131 Å². The zero-order valence-electron chi connectivity index (χ0n) is 13.0. The van der Waals surface area contributed by atoms with Crippen LogP contribution in [0, 0.1) is 6.92 Å². The van der Waals surface area contributed by atoms with E-state index in [0.29, 0.717) is 0 Å². The number of aromatic nitrogens is 1.